The molecular formula is C17H13BrF2O2. The van der Waals surface area contributed by atoms with Gasteiger partial charge in [0, 0.05) is 15.6 Å². The molecule has 2 aromatic rings. The monoisotopic (exact) mass is 366 g/mol. The molecule has 3 rings (SSSR count). The highest BCUT2D eigenvalue weighted by molar-refractivity contribution is 9.10. The van der Waals surface area contributed by atoms with Gasteiger partial charge in [0.15, 0.2) is 0 Å². The van der Waals surface area contributed by atoms with E-state index >= 15 is 0 Å². The van der Waals surface area contributed by atoms with Crippen LogP contribution in [0.2, 0.25) is 0 Å². The first-order valence-corrected chi connectivity index (χ1v) is 7.48. The Labute approximate surface area is 135 Å². The van der Waals surface area contributed by atoms with E-state index in [0.29, 0.717) is 34.1 Å². The topological polar surface area (TPSA) is 34.1 Å². The highest BCUT2D eigenvalue weighted by Crippen LogP contribution is 2.40. The van der Waals surface area contributed by atoms with Crippen LogP contribution in [0.15, 0.2) is 40.9 Å². The van der Waals surface area contributed by atoms with Gasteiger partial charge in [-0.2, -0.15) is 0 Å². The first-order valence-electron chi connectivity index (χ1n) is 6.68. The summed E-state index contributed by atoms with van der Waals surface area (Å²) in [5.41, 5.74) is 1.75. The predicted octanol–water partition coefficient (Wildman–Crippen LogP) is 4.92. The Morgan fingerprint density at radius 1 is 0.864 bits per heavy atom. The Hall–Kier alpha value is -1.88. The summed E-state index contributed by atoms with van der Waals surface area (Å²) in [6.45, 7) is 0. The zero-order chi connectivity index (χ0) is 16.1. The summed E-state index contributed by atoms with van der Waals surface area (Å²) in [6, 6.07) is 8.58. The van der Waals surface area contributed by atoms with Crippen molar-refractivity contribution >= 4 is 28.5 Å². The lowest BCUT2D eigenvalue weighted by Crippen LogP contribution is -1.87. The fourth-order valence-electron chi connectivity index (χ4n) is 2.00. The maximum Gasteiger partial charge on any atom is 0.150 e. The molecule has 0 aromatic heterocycles. The van der Waals surface area contributed by atoms with Gasteiger partial charge in [-0.15, -0.1) is 0 Å². The Bertz CT molecular complexity index is 677. The molecule has 0 heterocycles. The first-order chi connectivity index (χ1) is 10.5. The highest BCUT2D eigenvalue weighted by Gasteiger charge is 2.24. The van der Waals surface area contributed by atoms with E-state index in [-0.39, 0.29) is 5.82 Å². The molecule has 0 spiro atoms. The molecule has 114 valence electrons. The number of benzene rings is 2. The molecule has 0 N–H and O–H groups in total. The molecule has 2 nitrogen and oxygen atoms in total. The van der Waals surface area contributed by atoms with Gasteiger partial charge in [-0.1, -0.05) is 15.9 Å². The average molecular weight is 367 g/mol. The van der Waals surface area contributed by atoms with Crippen molar-refractivity contribution in [1.29, 1.82) is 0 Å². The van der Waals surface area contributed by atoms with Crippen LogP contribution in [0, 0.1) is 11.6 Å². The van der Waals surface area contributed by atoms with Crippen LogP contribution in [-0.4, -0.2) is 12.6 Å². The van der Waals surface area contributed by atoms with E-state index < -0.39 is 5.82 Å². The molecule has 0 amide bonds. The van der Waals surface area contributed by atoms with Crippen LogP contribution < -0.4 is 0 Å². The zero-order valence-corrected chi connectivity index (χ0v) is 13.1. The molecule has 22 heavy (non-hydrogen) atoms. The number of aldehydes is 2. The van der Waals surface area contributed by atoms with Crippen LogP contribution in [0.5, 0.6) is 0 Å². The minimum atomic E-state index is -0.406. The standard InChI is InChI=1S/C10H9FO.C7H4BrFO/c11-10-4-7(6-12)3-9(5-10)8-1-2-8;8-6-1-5(4-10)2-7(9)3-6/h3-6,8H,1-2H2;1-4H. The van der Waals surface area contributed by atoms with Crippen LogP contribution >= 0.6 is 15.9 Å². The second-order valence-electron chi connectivity index (χ2n) is 5.03. The molecule has 1 aliphatic carbocycles. The molecule has 5 heteroatoms. The Morgan fingerprint density at radius 2 is 1.41 bits per heavy atom. The van der Waals surface area contributed by atoms with Crippen LogP contribution in [-0.2, 0) is 0 Å². The summed E-state index contributed by atoms with van der Waals surface area (Å²) < 4.78 is 25.8. The molecule has 0 radical (unpaired) electrons. The van der Waals surface area contributed by atoms with Gasteiger partial charge in [-0.25, -0.2) is 8.78 Å². The number of rotatable bonds is 3. The molecule has 2 aromatic carbocycles. The summed E-state index contributed by atoms with van der Waals surface area (Å²) in [5, 5.41) is 0. The fourth-order valence-corrected chi connectivity index (χ4v) is 2.48. The van der Waals surface area contributed by atoms with E-state index in [4.69, 9.17) is 0 Å². The number of hydrogen-bond acceptors (Lipinski definition) is 2. The largest absolute Gasteiger partial charge is 0.298 e. The maximum absolute atomic E-state index is 12.8. The van der Waals surface area contributed by atoms with Crippen LogP contribution in [0.25, 0.3) is 0 Å². The van der Waals surface area contributed by atoms with Crippen molar-refractivity contribution in [1.82, 2.24) is 0 Å². The van der Waals surface area contributed by atoms with Crippen LogP contribution in [0.1, 0.15) is 45.0 Å². The van der Waals surface area contributed by atoms with Crippen LogP contribution in [0.4, 0.5) is 8.78 Å². The van der Waals surface area contributed by atoms with Crippen molar-refractivity contribution in [2.45, 2.75) is 18.8 Å². The third-order valence-corrected chi connectivity index (χ3v) is 3.61. The number of hydrogen-bond donors (Lipinski definition) is 0. The van der Waals surface area contributed by atoms with E-state index in [1.54, 1.807) is 12.1 Å². The van der Waals surface area contributed by atoms with E-state index in [0.717, 1.165) is 18.4 Å². The van der Waals surface area contributed by atoms with Gasteiger partial charge in [0.2, 0.25) is 0 Å². The molecular weight excluding hydrogens is 354 g/mol. The molecule has 0 aliphatic heterocycles. The smallest absolute Gasteiger partial charge is 0.150 e. The number of carbonyl (C=O) groups excluding carboxylic acids is 2. The van der Waals surface area contributed by atoms with Crippen molar-refractivity contribution in [3.63, 3.8) is 0 Å². The third-order valence-electron chi connectivity index (χ3n) is 3.15. The molecule has 0 atom stereocenters. The Morgan fingerprint density at radius 3 is 1.91 bits per heavy atom. The minimum Gasteiger partial charge on any atom is -0.298 e. The quantitative estimate of drug-likeness (QED) is 0.722. The van der Waals surface area contributed by atoms with Gasteiger partial charge in [0.25, 0.3) is 0 Å². The van der Waals surface area contributed by atoms with Gasteiger partial charge in [-0.3, -0.25) is 9.59 Å². The molecule has 1 saturated carbocycles. The SMILES string of the molecule is O=Cc1cc(F)cc(Br)c1.O=Cc1cc(F)cc(C2CC2)c1. The first kappa shape index (κ1) is 16.5. The summed E-state index contributed by atoms with van der Waals surface area (Å²) in [5.74, 6) is -0.211. The van der Waals surface area contributed by atoms with Gasteiger partial charge >= 0.3 is 0 Å². The minimum absolute atomic E-state index is 0.304. The normalized spacial score (nSPS) is 13.0. The molecule has 0 bridgehead atoms. The van der Waals surface area contributed by atoms with E-state index in [1.165, 1.54) is 24.3 Å². The van der Waals surface area contributed by atoms with Crippen molar-refractivity contribution in [2.75, 3.05) is 0 Å². The fraction of sp³-hybridized carbons (Fsp3) is 0.176. The maximum atomic E-state index is 12.8. The van der Waals surface area contributed by atoms with Crippen molar-refractivity contribution in [2.24, 2.45) is 0 Å². The van der Waals surface area contributed by atoms with E-state index in [2.05, 4.69) is 15.9 Å². The summed E-state index contributed by atoms with van der Waals surface area (Å²) in [7, 11) is 0. The number of halogens is 3. The highest BCUT2D eigenvalue weighted by atomic mass is 79.9. The summed E-state index contributed by atoms with van der Waals surface area (Å²) >= 11 is 3.05. The predicted molar refractivity (Wildman–Crippen MR) is 83.3 cm³/mol. The second-order valence-corrected chi connectivity index (χ2v) is 5.95. The summed E-state index contributed by atoms with van der Waals surface area (Å²) in [6.07, 6.45) is 3.55. The molecule has 1 fully saturated rings. The third kappa shape index (κ3) is 4.84. The molecule has 1 aliphatic rings. The number of carbonyl (C=O) groups is 2. The lowest BCUT2D eigenvalue weighted by atomic mass is 10.1. The second kappa shape index (κ2) is 7.40. The van der Waals surface area contributed by atoms with E-state index in [1.807, 2.05) is 0 Å². The van der Waals surface area contributed by atoms with Gasteiger partial charge < -0.3 is 0 Å². The van der Waals surface area contributed by atoms with Gasteiger partial charge in [0.1, 0.15) is 24.2 Å². The zero-order valence-electron chi connectivity index (χ0n) is 11.6. The van der Waals surface area contributed by atoms with Crippen molar-refractivity contribution in [3.8, 4) is 0 Å². The van der Waals surface area contributed by atoms with E-state index in [9.17, 15) is 18.4 Å². The van der Waals surface area contributed by atoms with Crippen molar-refractivity contribution in [3.05, 3.63) is 69.2 Å². The molecule has 0 saturated heterocycles. The Kier molecular flexibility index (Phi) is 5.55. The van der Waals surface area contributed by atoms with Crippen molar-refractivity contribution < 1.29 is 18.4 Å². The van der Waals surface area contributed by atoms with Crippen LogP contribution in [0.3, 0.4) is 0 Å². The average Bonchev–Trinajstić information content (AvgIpc) is 3.30. The van der Waals surface area contributed by atoms with Gasteiger partial charge in [0.05, 0.1) is 0 Å². The lowest BCUT2D eigenvalue weighted by Gasteiger charge is -1.98. The lowest BCUT2D eigenvalue weighted by molar-refractivity contribution is 0.111. The molecule has 0 unspecified atom stereocenters. The van der Waals surface area contributed by atoms with Gasteiger partial charge in [-0.05, 0) is 60.7 Å². The summed E-state index contributed by atoms with van der Waals surface area (Å²) in [4.78, 5) is 20.5. The Balaban J connectivity index is 0.000000164.